The van der Waals surface area contributed by atoms with Gasteiger partial charge in [0.2, 0.25) is 0 Å². The van der Waals surface area contributed by atoms with Crippen LogP contribution in [0.1, 0.15) is 335 Å². The topological polar surface area (TPSA) is 78.9 Å². The van der Waals surface area contributed by atoms with Crippen LogP contribution in [-0.2, 0) is 28.6 Å². The van der Waals surface area contributed by atoms with E-state index in [1.54, 1.807) is 0 Å². The lowest BCUT2D eigenvalue weighted by Gasteiger charge is -2.18. The number of carbonyl (C=O) groups excluding carboxylic acids is 3. The van der Waals surface area contributed by atoms with Gasteiger partial charge in [0.25, 0.3) is 0 Å². The molecule has 6 nitrogen and oxygen atoms in total. The molecule has 0 spiro atoms. The molecule has 440 valence electrons. The fraction of sp³-hybridized carbons (Fsp3) is 0.786. The Morgan fingerprint density at radius 2 is 0.513 bits per heavy atom. The number of ether oxygens (including phenoxy) is 3. The molecule has 0 bridgehead atoms. The fourth-order valence-electron chi connectivity index (χ4n) is 9.57. The fourth-order valence-corrected chi connectivity index (χ4v) is 9.57. The Balaban J connectivity index is 4.37. The van der Waals surface area contributed by atoms with Crippen LogP contribution in [0.5, 0.6) is 0 Å². The Morgan fingerprint density at radius 3 is 0.803 bits per heavy atom. The van der Waals surface area contributed by atoms with Crippen molar-refractivity contribution in [2.45, 2.75) is 341 Å². The molecule has 0 aromatic rings. The van der Waals surface area contributed by atoms with Gasteiger partial charge in [0.05, 0.1) is 0 Å². The van der Waals surface area contributed by atoms with Crippen LogP contribution in [0.3, 0.4) is 0 Å². The minimum Gasteiger partial charge on any atom is -0.462 e. The average molecular weight is 1060 g/mol. The largest absolute Gasteiger partial charge is 0.462 e. The van der Waals surface area contributed by atoms with Crippen molar-refractivity contribution in [1.82, 2.24) is 0 Å². The van der Waals surface area contributed by atoms with Gasteiger partial charge < -0.3 is 14.2 Å². The molecule has 1 unspecified atom stereocenters. The highest BCUT2D eigenvalue weighted by molar-refractivity contribution is 5.71. The first-order chi connectivity index (χ1) is 37.5. The molecule has 0 fully saturated rings. The summed E-state index contributed by atoms with van der Waals surface area (Å²) in [5.74, 6) is -0.885. The number of allylic oxidation sites excluding steroid dienone is 12. The van der Waals surface area contributed by atoms with Crippen molar-refractivity contribution in [2.75, 3.05) is 13.2 Å². The van der Waals surface area contributed by atoms with Crippen molar-refractivity contribution >= 4 is 17.9 Å². The molecule has 0 aliphatic carbocycles. The molecule has 0 saturated heterocycles. The van der Waals surface area contributed by atoms with Crippen LogP contribution in [0.4, 0.5) is 0 Å². The minimum atomic E-state index is -0.784. The van der Waals surface area contributed by atoms with Crippen LogP contribution >= 0.6 is 0 Å². The Labute approximate surface area is 472 Å². The zero-order valence-corrected chi connectivity index (χ0v) is 50.5. The Morgan fingerprint density at radius 1 is 0.276 bits per heavy atom. The summed E-state index contributed by atoms with van der Waals surface area (Å²) >= 11 is 0. The number of hydrogen-bond acceptors (Lipinski definition) is 6. The van der Waals surface area contributed by atoms with Gasteiger partial charge in [-0.25, -0.2) is 0 Å². The second-order valence-electron chi connectivity index (χ2n) is 22.0. The van der Waals surface area contributed by atoms with E-state index in [2.05, 4.69) is 93.7 Å². The molecule has 0 N–H and O–H groups in total. The highest BCUT2D eigenvalue weighted by Crippen LogP contribution is 2.18. The van der Waals surface area contributed by atoms with Gasteiger partial charge in [0.15, 0.2) is 6.10 Å². The molecular weight excluding hydrogens is 937 g/mol. The maximum Gasteiger partial charge on any atom is 0.306 e. The standard InChI is InChI=1S/C70H124O6/c1-4-7-10-13-16-19-22-25-28-30-32-34-35-37-38-40-42-45-48-51-54-57-60-63-69(72)75-66-67(65-74-68(71)62-59-56-53-50-47-44-27-24-21-18-15-12-9-6-3)76-70(73)64-61-58-55-52-49-46-43-41-39-36-33-31-29-26-23-20-17-14-11-8-5-2/h7,10,16,19,25,28,32,34,37-38,42,45,67H,4-6,8-9,11-15,17-18,20-24,26-27,29-31,33,35-36,39-41,43-44,46-66H2,1-3H3/b10-7-,19-16-,28-25-,34-32-,38-37-,45-42-. The molecule has 0 saturated carbocycles. The molecule has 0 aromatic carbocycles. The lowest BCUT2D eigenvalue weighted by atomic mass is 10.0. The van der Waals surface area contributed by atoms with Crippen molar-refractivity contribution in [3.63, 3.8) is 0 Å². The smallest absolute Gasteiger partial charge is 0.306 e. The van der Waals surface area contributed by atoms with Crippen molar-refractivity contribution in [3.8, 4) is 0 Å². The van der Waals surface area contributed by atoms with Crippen LogP contribution < -0.4 is 0 Å². The predicted octanol–water partition coefficient (Wildman–Crippen LogP) is 22.5. The Hall–Kier alpha value is -3.15. The maximum absolute atomic E-state index is 12.9. The molecule has 0 aromatic heterocycles. The summed E-state index contributed by atoms with van der Waals surface area (Å²) in [5.41, 5.74) is 0. The monoisotopic (exact) mass is 1060 g/mol. The maximum atomic E-state index is 12.9. The van der Waals surface area contributed by atoms with E-state index in [9.17, 15) is 14.4 Å². The molecule has 0 heterocycles. The SMILES string of the molecule is CC/C=C\C/C=C\C/C=C\C/C=C\C/C=C\C/C=C\CCCCCCC(=O)OCC(COC(=O)CCCCCCCCCCCCCCCC)OC(=O)CCCCCCCCCCCCCCCCCCCCCCC. The molecule has 1 atom stereocenters. The first-order valence-corrected chi connectivity index (χ1v) is 32.9. The minimum absolute atomic E-state index is 0.0790. The first-order valence-electron chi connectivity index (χ1n) is 32.9. The summed E-state index contributed by atoms with van der Waals surface area (Å²) in [4.78, 5) is 38.4. The molecule has 6 heteroatoms. The zero-order valence-electron chi connectivity index (χ0n) is 50.5. The van der Waals surface area contributed by atoms with Gasteiger partial charge in [-0.05, 0) is 70.6 Å². The van der Waals surface area contributed by atoms with E-state index in [-0.39, 0.29) is 31.1 Å². The number of esters is 3. The van der Waals surface area contributed by atoms with Crippen LogP contribution in [0, 0.1) is 0 Å². The van der Waals surface area contributed by atoms with Gasteiger partial charge in [-0.1, -0.05) is 318 Å². The van der Waals surface area contributed by atoms with E-state index in [0.717, 1.165) is 109 Å². The van der Waals surface area contributed by atoms with E-state index >= 15 is 0 Å². The highest BCUT2D eigenvalue weighted by Gasteiger charge is 2.19. The van der Waals surface area contributed by atoms with E-state index < -0.39 is 6.10 Å². The van der Waals surface area contributed by atoms with Crippen LogP contribution in [0.15, 0.2) is 72.9 Å². The van der Waals surface area contributed by atoms with E-state index in [0.29, 0.717) is 19.3 Å². The second-order valence-corrected chi connectivity index (χ2v) is 22.0. The summed E-state index contributed by atoms with van der Waals surface area (Å²) < 4.78 is 16.9. The normalized spacial score (nSPS) is 12.5. The molecule has 0 aliphatic rings. The predicted molar refractivity (Wildman–Crippen MR) is 330 cm³/mol. The first kappa shape index (κ1) is 72.8. The third-order valence-electron chi connectivity index (χ3n) is 14.5. The number of carbonyl (C=O) groups is 3. The van der Waals surface area contributed by atoms with Crippen LogP contribution in [0.2, 0.25) is 0 Å². The Kier molecular flexibility index (Phi) is 61.7. The summed E-state index contributed by atoms with van der Waals surface area (Å²) in [6.45, 7) is 6.56. The highest BCUT2D eigenvalue weighted by atomic mass is 16.6. The Bertz CT molecular complexity index is 1400. The van der Waals surface area contributed by atoms with Crippen LogP contribution in [-0.4, -0.2) is 37.2 Å². The van der Waals surface area contributed by atoms with Gasteiger partial charge in [0, 0.05) is 19.3 Å². The summed E-state index contributed by atoms with van der Waals surface area (Å²) in [6.07, 6.45) is 83.4. The zero-order chi connectivity index (χ0) is 55.0. The number of unbranched alkanes of at least 4 members (excludes halogenated alkanes) is 37. The van der Waals surface area contributed by atoms with Gasteiger partial charge in [-0.3, -0.25) is 14.4 Å². The van der Waals surface area contributed by atoms with Crippen molar-refractivity contribution in [3.05, 3.63) is 72.9 Å². The molecule has 76 heavy (non-hydrogen) atoms. The summed E-state index contributed by atoms with van der Waals surface area (Å²) in [5, 5.41) is 0. The van der Waals surface area contributed by atoms with E-state index in [4.69, 9.17) is 14.2 Å². The van der Waals surface area contributed by atoms with Crippen molar-refractivity contribution in [1.29, 1.82) is 0 Å². The third kappa shape index (κ3) is 61.7. The quantitative estimate of drug-likeness (QED) is 0.0261. The third-order valence-corrected chi connectivity index (χ3v) is 14.5. The van der Waals surface area contributed by atoms with Gasteiger partial charge in [-0.2, -0.15) is 0 Å². The van der Waals surface area contributed by atoms with Crippen molar-refractivity contribution in [2.24, 2.45) is 0 Å². The number of rotatable bonds is 60. The summed E-state index contributed by atoms with van der Waals surface area (Å²) in [7, 11) is 0. The average Bonchev–Trinajstić information content (AvgIpc) is 3.42. The summed E-state index contributed by atoms with van der Waals surface area (Å²) in [6, 6.07) is 0. The van der Waals surface area contributed by atoms with E-state index in [1.165, 1.54) is 186 Å². The molecule has 0 radical (unpaired) electrons. The van der Waals surface area contributed by atoms with Gasteiger partial charge in [0.1, 0.15) is 13.2 Å². The lowest BCUT2D eigenvalue weighted by molar-refractivity contribution is -0.167. The molecule has 0 aliphatic heterocycles. The number of hydrogen-bond donors (Lipinski definition) is 0. The molecule has 0 amide bonds. The second kappa shape index (κ2) is 64.4. The van der Waals surface area contributed by atoms with Crippen LogP contribution in [0.25, 0.3) is 0 Å². The lowest BCUT2D eigenvalue weighted by Crippen LogP contribution is -2.30. The van der Waals surface area contributed by atoms with Gasteiger partial charge >= 0.3 is 17.9 Å². The molecule has 0 rings (SSSR count). The molecular formula is C70H124O6. The van der Waals surface area contributed by atoms with Crippen molar-refractivity contribution < 1.29 is 28.6 Å². The van der Waals surface area contributed by atoms with E-state index in [1.807, 2.05) is 0 Å². The van der Waals surface area contributed by atoms with Gasteiger partial charge in [-0.15, -0.1) is 0 Å².